The van der Waals surface area contributed by atoms with Crippen molar-refractivity contribution < 1.29 is 4.42 Å². The van der Waals surface area contributed by atoms with E-state index in [0.29, 0.717) is 6.04 Å². The van der Waals surface area contributed by atoms with Crippen LogP contribution in [0, 0.1) is 0 Å². The van der Waals surface area contributed by atoms with E-state index in [1.165, 1.54) is 0 Å². The van der Waals surface area contributed by atoms with E-state index in [1.807, 2.05) is 30.3 Å². The molecule has 0 aliphatic heterocycles. The first kappa shape index (κ1) is 12.2. The van der Waals surface area contributed by atoms with Gasteiger partial charge in [0.1, 0.15) is 5.76 Å². The Hall–Kier alpha value is -1.22. The van der Waals surface area contributed by atoms with Crippen LogP contribution in [0.3, 0.4) is 0 Å². The van der Waals surface area contributed by atoms with Crippen molar-refractivity contribution in [2.75, 3.05) is 5.32 Å². The van der Waals surface area contributed by atoms with Gasteiger partial charge < -0.3 is 9.73 Å². The molecule has 0 radical (unpaired) electrons. The van der Waals surface area contributed by atoms with Crippen molar-refractivity contribution in [3.05, 3.63) is 52.9 Å². The number of benzene rings is 1. The van der Waals surface area contributed by atoms with Crippen LogP contribution in [0.1, 0.15) is 19.1 Å². The van der Waals surface area contributed by atoms with Gasteiger partial charge in [0.05, 0.1) is 6.26 Å². The molecule has 0 bridgehead atoms. The van der Waals surface area contributed by atoms with Crippen LogP contribution in [0.5, 0.6) is 0 Å². The van der Waals surface area contributed by atoms with E-state index in [4.69, 9.17) is 4.42 Å². The SMILES string of the molecule is CC(CCc1ccco1)Nc1ccccc1Br. The minimum absolute atomic E-state index is 0.416. The smallest absolute Gasteiger partial charge is 0.103 e. The minimum Gasteiger partial charge on any atom is -0.469 e. The number of nitrogens with one attached hydrogen (secondary N) is 1. The third kappa shape index (κ3) is 3.63. The van der Waals surface area contributed by atoms with Crippen LogP contribution in [-0.4, -0.2) is 6.04 Å². The molecule has 2 rings (SSSR count). The Morgan fingerprint density at radius 2 is 2.06 bits per heavy atom. The molecule has 0 spiro atoms. The zero-order valence-corrected chi connectivity index (χ0v) is 11.4. The summed E-state index contributed by atoms with van der Waals surface area (Å²) >= 11 is 3.53. The summed E-state index contributed by atoms with van der Waals surface area (Å²) in [6.07, 6.45) is 3.74. The first-order valence-corrected chi connectivity index (χ1v) is 6.58. The number of rotatable bonds is 5. The van der Waals surface area contributed by atoms with Crippen molar-refractivity contribution in [1.82, 2.24) is 0 Å². The average Bonchev–Trinajstić information content (AvgIpc) is 2.82. The van der Waals surface area contributed by atoms with E-state index >= 15 is 0 Å². The summed E-state index contributed by atoms with van der Waals surface area (Å²) in [6, 6.07) is 12.5. The molecule has 1 aromatic carbocycles. The molecule has 1 aromatic heterocycles. The van der Waals surface area contributed by atoms with Crippen molar-refractivity contribution in [2.24, 2.45) is 0 Å². The van der Waals surface area contributed by atoms with Gasteiger partial charge in [-0.05, 0) is 53.5 Å². The van der Waals surface area contributed by atoms with Crippen molar-refractivity contribution in [3.63, 3.8) is 0 Å². The summed E-state index contributed by atoms with van der Waals surface area (Å²) in [6.45, 7) is 2.18. The Morgan fingerprint density at radius 3 is 2.76 bits per heavy atom. The highest BCUT2D eigenvalue weighted by atomic mass is 79.9. The largest absolute Gasteiger partial charge is 0.469 e. The maximum Gasteiger partial charge on any atom is 0.103 e. The fourth-order valence-electron chi connectivity index (χ4n) is 1.73. The van der Waals surface area contributed by atoms with Gasteiger partial charge >= 0.3 is 0 Å². The second kappa shape index (κ2) is 5.92. The van der Waals surface area contributed by atoms with Crippen LogP contribution in [0.4, 0.5) is 5.69 Å². The number of halogens is 1. The zero-order valence-electron chi connectivity index (χ0n) is 9.82. The second-order valence-electron chi connectivity index (χ2n) is 4.14. The number of anilines is 1. The third-order valence-electron chi connectivity index (χ3n) is 2.68. The maximum atomic E-state index is 5.32. The van der Waals surface area contributed by atoms with Crippen LogP contribution in [-0.2, 0) is 6.42 Å². The van der Waals surface area contributed by atoms with E-state index in [9.17, 15) is 0 Å². The quantitative estimate of drug-likeness (QED) is 0.879. The van der Waals surface area contributed by atoms with E-state index in [2.05, 4.69) is 34.2 Å². The van der Waals surface area contributed by atoms with Gasteiger partial charge in [-0.25, -0.2) is 0 Å². The summed E-state index contributed by atoms with van der Waals surface area (Å²) < 4.78 is 6.42. The summed E-state index contributed by atoms with van der Waals surface area (Å²) in [5.41, 5.74) is 1.14. The summed E-state index contributed by atoms with van der Waals surface area (Å²) in [5, 5.41) is 3.48. The lowest BCUT2D eigenvalue weighted by Gasteiger charge is -2.15. The van der Waals surface area contributed by atoms with Crippen LogP contribution < -0.4 is 5.32 Å². The van der Waals surface area contributed by atoms with E-state index < -0.39 is 0 Å². The van der Waals surface area contributed by atoms with Crippen LogP contribution in [0.25, 0.3) is 0 Å². The molecule has 0 fully saturated rings. The normalized spacial score (nSPS) is 12.4. The van der Waals surface area contributed by atoms with E-state index in [1.54, 1.807) is 6.26 Å². The Labute approximate surface area is 110 Å². The Kier molecular flexibility index (Phi) is 4.26. The number of aryl methyl sites for hydroxylation is 1. The number of para-hydroxylation sites is 1. The topological polar surface area (TPSA) is 25.2 Å². The van der Waals surface area contributed by atoms with Gasteiger partial charge in [0, 0.05) is 22.6 Å². The fourth-order valence-corrected chi connectivity index (χ4v) is 2.13. The van der Waals surface area contributed by atoms with Crippen molar-refractivity contribution in [3.8, 4) is 0 Å². The van der Waals surface area contributed by atoms with E-state index in [-0.39, 0.29) is 0 Å². The molecule has 90 valence electrons. The molecule has 1 heterocycles. The molecular weight excluding hydrogens is 278 g/mol. The van der Waals surface area contributed by atoms with Gasteiger partial charge in [-0.1, -0.05) is 12.1 Å². The predicted octanol–water partition coefficient (Wildman–Crippen LogP) is 4.48. The lowest BCUT2D eigenvalue weighted by Crippen LogP contribution is -2.16. The monoisotopic (exact) mass is 293 g/mol. The molecule has 2 nitrogen and oxygen atoms in total. The average molecular weight is 294 g/mol. The molecule has 0 amide bonds. The van der Waals surface area contributed by atoms with Gasteiger partial charge in [-0.3, -0.25) is 0 Å². The van der Waals surface area contributed by atoms with Crippen LogP contribution >= 0.6 is 15.9 Å². The molecule has 0 saturated heterocycles. The maximum absolute atomic E-state index is 5.32. The van der Waals surface area contributed by atoms with Gasteiger partial charge in [0.25, 0.3) is 0 Å². The van der Waals surface area contributed by atoms with Gasteiger partial charge in [0.15, 0.2) is 0 Å². The van der Waals surface area contributed by atoms with Crippen molar-refractivity contribution in [1.29, 1.82) is 0 Å². The standard InChI is InChI=1S/C14H16BrNO/c1-11(8-9-12-5-4-10-17-12)16-14-7-3-2-6-13(14)15/h2-7,10-11,16H,8-9H2,1H3. The number of hydrogen-bond donors (Lipinski definition) is 1. The molecule has 1 unspecified atom stereocenters. The molecule has 0 aliphatic rings. The summed E-state index contributed by atoms with van der Waals surface area (Å²) in [5.74, 6) is 1.05. The predicted molar refractivity (Wildman–Crippen MR) is 74.3 cm³/mol. The number of furan rings is 1. The molecule has 0 aliphatic carbocycles. The molecular formula is C14H16BrNO. The highest BCUT2D eigenvalue weighted by molar-refractivity contribution is 9.10. The molecule has 17 heavy (non-hydrogen) atoms. The van der Waals surface area contributed by atoms with Crippen LogP contribution in [0.2, 0.25) is 0 Å². The first-order valence-electron chi connectivity index (χ1n) is 5.79. The Morgan fingerprint density at radius 1 is 1.24 bits per heavy atom. The lowest BCUT2D eigenvalue weighted by molar-refractivity contribution is 0.495. The summed E-state index contributed by atoms with van der Waals surface area (Å²) in [4.78, 5) is 0. The van der Waals surface area contributed by atoms with Crippen molar-refractivity contribution >= 4 is 21.6 Å². The Balaban J connectivity index is 1.85. The van der Waals surface area contributed by atoms with E-state index in [0.717, 1.165) is 28.8 Å². The number of hydrogen-bond acceptors (Lipinski definition) is 2. The van der Waals surface area contributed by atoms with Gasteiger partial charge in [-0.15, -0.1) is 0 Å². The first-order chi connectivity index (χ1) is 8.25. The molecule has 0 saturated carbocycles. The second-order valence-corrected chi connectivity index (χ2v) is 5.00. The molecule has 1 N–H and O–H groups in total. The fraction of sp³-hybridized carbons (Fsp3) is 0.286. The molecule has 1 atom stereocenters. The highest BCUT2D eigenvalue weighted by Crippen LogP contribution is 2.22. The zero-order chi connectivity index (χ0) is 12.1. The van der Waals surface area contributed by atoms with Gasteiger partial charge in [-0.2, -0.15) is 0 Å². The molecule has 3 heteroatoms. The van der Waals surface area contributed by atoms with Gasteiger partial charge in [0.2, 0.25) is 0 Å². The summed E-state index contributed by atoms with van der Waals surface area (Å²) in [7, 11) is 0. The molecule has 2 aromatic rings. The Bertz CT molecular complexity index is 453. The van der Waals surface area contributed by atoms with Crippen LogP contribution in [0.15, 0.2) is 51.6 Å². The van der Waals surface area contributed by atoms with Crippen molar-refractivity contribution in [2.45, 2.75) is 25.8 Å². The highest BCUT2D eigenvalue weighted by Gasteiger charge is 2.05. The third-order valence-corrected chi connectivity index (χ3v) is 3.37. The minimum atomic E-state index is 0.416. The lowest BCUT2D eigenvalue weighted by atomic mass is 10.1.